The van der Waals surface area contributed by atoms with Crippen LogP contribution in [0, 0.1) is 0 Å². The summed E-state index contributed by atoms with van der Waals surface area (Å²) in [6.45, 7) is 9.67. The molecule has 0 bridgehead atoms. The zero-order valence-electron chi connectivity index (χ0n) is 13.3. The normalized spacial score (nSPS) is 21.0. The predicted octanol–water partition coefficient (Wildman–Crippen LogP) is -0.253. The van der Waals surface area contributed by atoms with E-state index < -0.39 is 11.6 Å². The van der Waals surface area contributed by atoms with Gasteiger partial charge in [0.15, 0.2) is 5.60 Å². The van der Waals surface area contributed by atoms with E-state index in [9.17, 15) is 14.7 Å². The molecule has 24 heavy (non-hydrogen) atoms. The number of nitrogens with zero attached hydrogens (tertiary/aromatic N) is 2. The zero-order chi connectivity index (χ0) is 17.2. The summed E-state index contributed by atoms with van der Waals surface area (Å²) in [5.41, 5.74) is 0.668. The van der Waals surface area contributed by atoms with E-state index in [4.69, 9.17) is 4.74 Å². The molecule has 1 N–H and O–H groups in total. The molecule has 122 valence electrons. The molecule has 2 aliphatic heterocycles. The number of rotatable bonds is 1. The number of aromatic nitrogens is 2. The Morgan fingerprint density at radius 1 is 1.38 bits per heavy atom. The first-order valence-electron chi connectivity index (χ1n) is 7.71. The molecule has 0 amide bonds. The average molecular weight is 324 g/mol. The maximum Gasteiger partial charge on any atom is 0.343 e. The van der Waals surface area contributed by atoms with Gasteiger partial charge in [-0.15, -0.1) is 0 Å². The Balaban J connectivity index is 2.06. The van der Waals surface area contributed by atoms with Gasteiger partial charge in [0, 0.05) is 11.1 Å². The van der Waals surface area contributed by atoms with Crippen molar-refractivity contribution < 1.29 is 14.6 Å². The molecule has 0 saturated heterocycles. The topological polar surface area (TPSA) is 81.4 Å². The standard InChI is InChI=1S/C18H16N2O4/c1-4-18(23)13-6-14-15-11(5-9(2)10(3)19-15)7-20(14)16(21)12(13)8-24-17(18)22/h5-6,23H,2-4,7-8H2,1H3/t18-/m0/s1. The second-order valence-electron chi connectivity index (χ2n) is 6.20. The number of carbonyl (C=O) groups excluding carboxylic acids is 1. The van der Waals surface area contributed by atoms with Crippen molar-refractivity contribution >= 4 is 19.1 Å². The van der Waals surface area contributed by atoms with E-state index in [1.165, 1.54) is 0 Å². The lowest BCUT2D eigenvalue weighted by Gasteiger charge is -2.31. The number of aliphatic hydroxyl groups is 1. The highest BCUT2D eigenvalue weighted by Gasteiger charge is 2.45. The van der Waals surface area contributed by atoms with E-state index in [2.05, 4.69) is 18.1 Å². The first-order valence-corrected chi connectivity index (χ1v) is 7.71. The first kappa shape index (κ1) is 14.8. The largest absolute Gasteiger partial charge is 0.458 e. The van der Waals surface area contributed by atoms with Crippen molar-refractivity contribution in [3.63, 3.8) is 0 Å². The van der Waals surface area contributed by atoms with E-state index in [0.29, 0.717) is 39.6 Å². The molecular weight excluding hydrogens is 308 g/mol. The molecule has 0 fully saturated rings. The van der Waals surface area contributed by atoms with Crippen LogP contribution in [0.3, 0.4) is 0 Å². The second-order valence-corrected chi connectivity index (χ2v) is 6.20. The third kappa shape index (κ3) is 1.71. The summed E-state index contributed by atoms with van der Waals surface area (Å²) in [4.78, 5) is 29.4. The van der Waals surface area contributed by atoms with E-state index >= 15 is 0 Å². The highest BCUT2D eigenvalue weighted by atomic mass is 16.6. The van der Waals surface area contributed by atoms with Crippen molar-refractivity contribution in [1.82, 2.24) is 9.55 Å². The van der Waals surface area contributed by atoms with Crippen LogP contribution in [-0.2, 0) is 28.3 Å². The van der Waals surface area contributed by atoms with Crippen LogP contribution in [0.15, 0.2) is 16.9 Å². The van der Waals surface area contributed by atoms with Crippen LogP contribution in [0.1, 0.15) is 30.0 Å². The van der Waals surface area contributed by atoms with Gasteiger partial charge in [-0.2, -0.15) is 0 Å². The van der Waals surface area contributed by atoms with Gasteiger partial charge in [-0.05, 0) is 23.8 Å². The molecular formula is C18H16N2O4. The molecule has 2 aliphatic rings. The SMILES string of the molecule is C=c1cc2c(nc1=C)-c1cc3c(c(=O)n1C2)COC(=O)[C@]3(O)CC. The number of fused-ring (bicyclic) bond motifs is 4. The van der Waals surface area contributed by atoms with Gasteiger partial charge in [0.05, 0.1) is 28.8 Å². The van der Waals surface area contributed by atoms with Crippen molar-refractivity contribution in [2.75, 3.05) is 0 Å². The van der Waals surface area contributed by atoms with Gasteiger partial charge in [0.25, 0.3) is 5.56 Å². The number of cyclic esters (lactones) is 1. The van der Waals surface area contributed by atoms with Crippen LogP contribution in [-0.4, -0.2) is 20.6 Å². The molecule has 4 rings (SSSR count). The lowest BCUT2D eigenvalue weighted by Crippen LogP contribution is -2.44. The molecule has 0 aliphatic carbocycles. The van der Waals surface area contributed by atoms with Crippen LogP contribution in [0.25, 0.3) is 24.5 Å². The fraction of sp³-hybridized carbons (Fsp3) is 0.278. The molecule has 4 heterocycles. The van der Waals surface area contributed by atoms with Crippen molar-refractivity contribution in [2.24, 2.45) is 0 Å². The molecule has 0 spiro atoms. The smallest absolute Gasteiger partial charge is 0.343 e. The lowest BCUT2D eigenvalue weighted by atomic mass is 9.86. The zero-order valence-corrected chi connectivity index (χ0v) is 13.3. The Hall–Kier alpha value is -2.73. The number of pyridine rings is 2. The Morgan fingerprint density at radius 3 is 2.83 bits per heavy atom. The molecule has 1 atom stereocenters. The summed E-state index contributed by atoms with van der Waals surface area (Å²) < 4.78 is 6.62. The maximum atomic E-state index is 12.9. The minimum absolute atomic E-state index is 0.124. The Morgan fingerprint density at radius 2 is 2.12 bits per heavy atom. The minimum Gasteiger partial charge on any atom is -0.458 e. The second kappa shape index (κ2) is 4.64. The summed E-state index contributed by atoms with van der Waals surface area (Å²) in [5, 5.41) is 12.0. The first-order chi connectivity index (χ1) is 11.4. The number of carbonyl (C=O) groups is 1. The Labute approximate surface area is 137 Å². The molecule has 0 unspecified atom stereocenters. The molecule has 6 nitrogen and oxygen atoms in total. The summed E-state index contributed by atoms with van der Waals surface area (Å²) in [7, 11) is 0. The molecule has 0 saturated carbocycles. The highest BCUT2D eigenvalue weighted by Crippen LogP contribution is 2.37. The van der Waals surface area contributed by atoms with Gasteiger partial charge in [0.1, 0.15) is 6.61 Å². The maximum absolute atomic E-state index is 12.9. The van der Waals surface area contributed by atoms with Crippen molar-refractivity contribution in [2.45, 2.75) is 32.1 Å². The Kier molecular flexibility index (Phi) is 2.87. The van der Waals surface area contributed by atoms with E-state index in [1.54, 1.807) is 17.6 Å². The summed E-state index contributed by atoms with van der Waals surface area (Å²) in [6, 6.07) is 3.55. The van der Waals surface area contributed by atoms with Crippen molar-refractivity contribution in [3.8, 4) is 11.4 Å². The Bertz CT molecular complexity index is 1070. The van der Waals surface area contributed by atoms with Gasteiger partial charge in [-0.25, -0.2) is 9.78 Å². The number of hydrogen-bond acceptors (Lipinski definition) is 5. The van der Waals surface area contributed by atoms with Crippen LogP contribution in [0.5, 0.6) is 0 Å². The van der Waals surface area contributed by atoms with Crippen LogP contribution < -0.4 is 16.1 Å². The summed E-state index contributed by atoms with van der Waals surface area (Å²) >= 11 is 0. The molecule has 6 heteroatoms. The van der Waals surface area contributed by atoms with E-state index in [-0.39, 0.29) is 18.6 Å². The van der Waals surface area contributed by atoms with Gasteiger partial charge in [-0.3, -0.25) is 4.79 Å². The number of hydrogen-bond donors (Lipinski definition) is 1. The van der Waals surface area contributed by atoms with Gasteiger partial charge >= 0.3 is 5.97 Å². The fourth-order valence-corrected chi connectivity index (χ4v) is 3.41. The predicted molar refractivity (Wildman–Crippen MR) is 87.3 cm³/mol. The molecule has 0 aromatic carbocycles. The third-order valence-electron chi connectivity index (χ3n) is 4.88. The van der Waals surface area contributed by atoms with E-state index in [1.807, 2.05) is 6.07 Å². The highest BCUT2D eigenvalue weighted by molar-refractivity contribution is 5.84. The van der Waals surface area contributed by atoms with Gasteiger partial charge in [0.2, 0.25) is 0 Å². The van der Waals surface area contributed by atoms with Gasteiger partial charge < -0.3 is 14.4 Å². The van der Waals surface area contributed by atoms with Crippen molar-refractivity contribution in [3.05, 3.63) is 49.7 Å². The molecule has 2 aromatic rings. The monoisotopic (exact) mass is 324 g/mol. The summed E-state index contributed by atoms with van der Waals surface area (Å²) in [6.07, 6.45) is 0.125. The lowest BCUT2D eigenvalue weighted by molar-refractivity contribution is -0.172. The third-order valence-corrected chi connectivity index (χ3v) is 4.88. The van der Waals surface area contributed by atoms with Crippen LogP contribution in [0.2, 0.25) is 0 Å². The van der Waals surface area contributed by atoms with Crippen LogP contribution in [0.4, 0.5) is 0 Å². The van der Waals surface area contributed by atoms with Crippen molar-refractivity contribution in [1.29, 1.82) is 0 Å². The number of esters is 1. The quantitative estimate of drug-likeness (QED) is 0.624. The molecule has 0 radical (unpaired) electrons. The van der Waals surface area contributed by atoms with Crippen LogP contribution >= 0.6 is 0 Å². The van der Waals surface area contributed by atoms with E-state index in [0.717, 1.165) is 5.56 Å². The molecule has 2 aromatic heterocycles. The number of ether oxygens (including phenoxy) is 1. The fourth-order valence-electron chi connectivity index (χ4n) is 3.41. The minimum atomic E-state index is -1.80. The summed E-state index contributed by atoms with van der Waals surface area (Å²) in [5.74, 6) is -0.723. The van der Waals surface area contributed by atoms with Gasteiger partial charge in [-0.1, -0.05) is 20.1 Å². The average Bonchev–Trinajstić information content (AvgIpc) is 2.90.